The van der Waals surface area contributed by atoms with Crippen LogP contribution in [0.3, 0.4) is 0 Å². The monoisotopic (exact) mass is 323 g/mol. The van der Waals surface area contributed by atoms with E-state index in [-0.39, 0.29) is 4.75 Å². The molecule has 0 bridgehead atoms. The van der Waals surface area contributed by atoms with Crippen molar-refractivity contribution in [3.8, 4) is 0 Å². The summed E-state index contributed by atoms with van der Waals surface area (Å²) in [4.78, 5) is 6.37. The molecule has 0 radical (unpaired) electrons. The van der Waals surface area contributed by atoms with Crippen molar-refractivity contribution in [2.75, 3.05) is 26.4 Å². The molecule has 1 aromatic carbocycles. The lowest BCUT2D eigenvalue weighted by atomic mass is 10.1. The lowest BCUT2D eigenvalue weighted by Gasteiger charge is -2.23. The van der Waals surface area contributed by atoms with Crippen LogP contribution < -0.4 is 5.32 Å². The maximum Gasteiger partial charge on any atom is 0.193 e. The summed E-state index contributed by atoms with van der Waals surface area (Å²) in [7, 11) is 2.94. The fourth-order valence-electron chi connectivity index (χ4n) is 1.99. The Morgan fingerprint density at radius 2 is 1.86 bits per heavy atom. The van der Waals surface area contributed by atoms with Crippen molar-refractivity contribution in [2.45, 2.75) is 39.0 Å². The van der Waals surface area contributed by atoms with Gasteiger partial charge in [-0.25, -0.2) is 0 Å². The molecule has 0 heterocycles. The molecule has 0 aliphatic rings. The molecule has 0 amide bonds. The Hall–Kier alpha value is -1.36. The third-order valence-corrected chi connectivity index (χ3v) is 5.31. The number of nitrogens with one attached hydrogen (secondary N) is 1. The van der Waals surface area contributed by atoms with Crippen LogP contribution in [0.1, 0.15) is 31.9 Å². The molecule has 1 rings (SSSR count). The van der Waals surface area contributed by atoms with E-state index in [1.807, 2.05) is 27.8 Å². The van der Waals surface area contributed by atoms with Crippen LogP contribution in [0.5, 0.6) is 0 Å². The number of aryl methyl sites for hydroxylation is 1. The molecule has 1 N–H and O–H groups in total. The highest BCUT2D eigenvalue weighted by Crippen LogP contribution is 2.10. The summed E-state index contributed by atoms with van der Waals surface area (Å²) < 4.78 is 11.9. The molecule has 0 spiro atoms. The highest BCUT2D eigenvalue weighted by molar-refractivity contribution is 7.86. The van der Waals surface area contributed by atoms with Crippen LogP contribution in [0.2, 0.25) is 0 Å². The topological polar surface area (TPSA) is 44.7 Å². The Kier molecular flexibility index (Phi) is 7.07. The molecule has 0 aliphatic heterocycles. The molecule has 22 heavy (non-hydrogen) atoms. The lowest BCUT2D eigenvalue weighted by Crippen LogP contribution is -2.41. The van der Waals surface area contributed by atoms with Crippen molar-refractivity contribution < 1.29 is 4.21 Å². The van der Waals surface area contributed by atoms with Gasteiger partial charge in [0.05, 0.1) is 0 Å². The normalized spacial score (nSPS) is 13.8. The van der Waals surface area contributed by atoms with Gasteiger partial charge >= 0.3 is 0 Å². The van der Waals surface area contributed by atoms with Crippen molar-refractivity contribution in [1.29, 1.82) is 0 Å². The van der Waals surface area contributed by atoms with Crippen molar-refractivity contribution in [1.82, 2.24) is 10.2 Å². The largest absolute Gasteiger partial charge is 0.355 e. The Bertz CT molecular complexity index is 518. The molecule has 0 aliphatic carbocycles. The van der Waals surface area contributed by atoms with Gasteiger partial charge in [-0.1, -0.05) is 29.8 Å². The summed E-state index contributed by atoms with van der Waals surface area (Å²) in [5.41, 5.74) is 2.51. The van der Waals surface area contributed by atoms with Gasteiger partial charge in [-0.2, -0.15) is 0 Å². The van der Waals surface area contributed by atoms with Crippen LogP contribution >= 0.6 is 0 Å². The first-order valence-corrected chi connectivity index (χ1v) is 8.91. The minimum absolute atomic E-state index is 0.168. The van der Waals surface area contributed by atoms with Gasteiger partial charge < -0.3 is 10.2 Å². The van der Waals surface area contributed by atoms with E-state index in [0.717, 1.165) is 12.5 Å². The predicted molar refractivity (Wildman–Crippen MR) is 96.8 cm³/mol. The number of hydrogen-bond acceptors (Lipinski definition) is 2. The molecule has 124 valence electrons. The molecule has 0 fully saturated rings. The van der Waals surface area contributed by atoms with Crippen LogP contribution in [-0.2, 0) is 17.3 Å². The first kappa shape index (κ1) is 18.7. The van der Waals surface area contributed by atoms with E-state index in [0.29, 0.717) is 12.3 Å². The number of hydrogen-bond donors (Lipinski definition) is 1. The molecule has 0 aromatic heterocycles. The van der Waals surface area contributed by atoms with Gasteiger partial charge in [0.2, 0.25) is 0 Å². The van der Waals surface area contributed by atoms with Crippen LogP contribution in [0, 0.1) is 6.92 Å². The van der Waals surface area contributed by atoms with Crippen LogP contribution in [0.4, 0.5) is 0 Å². The standard InChI is InChI=1S/C17H29N3OS/c1-14-7-9-15(10-8-14)13-20(6)16(18-5)19-11-12-22(21)17(2,3)4/h7-10H,11-13H2,1-6H3,(H,18,19). The zero-order valence-electron chi connectivity index (χ0n) is 14.6. The summed E-state index contributed by atoms with van der Waals surface area (Å²) in [6.07, 6.45) is 0. The average Bonchev–Trinajstić information content (AvgIpc) is 2.44. The van der Waals surface area contributed by atoms with Gasteiger partial charge in [0.25, 0.3) is 0 Å². The van der Waals surface area contributed by atoms with Crippen molar-refractivity contribution in [3.05, 3.63) is 35.4 Å². The third kappa shape index (κ3) is 6.18. The molecule has 0 saturated heterocycles. The smallest absolute Gasteiger partial charge is 0.193 e. The van der Waals surface area contributed by atoms with Gasteiger partial charge in [0, 0.05) is 48.5 Å². The third-order valence-electron chi connectivity index (χ3n) is 3.37. The Morgan fingerprint density at radius 1 is 1.27 bits per heavy atom. The SMILES string of the molecule is CN=C(NCCS(=O)C(C)(C)C)N(C)Cc1ccc(C)cc1. The maximum absolute atomic E-state index is 12.0. The van der Waals surface area contributed by atoms with E-state index < -0.39 is 10.8 Å². The van der Waals surface area contributed by atoms with Gasteiger partial charge in [-0.15, -0.1) is 0 Å². The molecule has 4 nitrogen and oxygen atoms in total. The first-order chi connectivity index (χ1) is 10.2. The number of rotatable bonds is 5. The number of nitrogens with zero attached hydrogens (tertiary/aromatic N) is 2. The highest BCUT2D eigenvalue weighted by Gasteiger charge is 2.19. The Labute approximate surface area is 137 Å². The zero-order valence-corrected chi connectivity index (χ0v) is 15.5. The first-order valence-electron chi connectivity index (χ1n) is 7.60. The van der Waals surface area contributed by atoms with E-state index in [4.69, 9.17) is 0 Å². The van der Waals surface area contributed by atoms with E-state index in [1.165, 1.54) is 11.1 Å². The molecular weight excluding hydrogens is 294 g/mol. The fraction of sp³-hybridized carbons (Fsp3) is 0.588. The molecular formula is C17H29N3OS. The van der Waals surface area contributed by atoms with Crippen molar-refractivity contribution in [2.24, 2.45) is 4.99 Å². The number of benzene rings is 1. The number of guanidine groups is 1. The summed E-state index contributed by atoms with van der Waals surface area (Å²) in [5, 5.41) is 3.29. The van der Waals surface area contributed by atoms with Gasteiger partial charge in [0.15, 0.2) is 5.96 Å². The van der Waals surface area contributed by atoms with Crippen LogP contribution in [-0.4, -0.2) is 46.2 Å². The quantitative estimate of drug-likeness (QED) is 0.669. The second-order valence-electron chi connectivity index (χ2n) is 6.48. The fourth-order valence-corrected chi connectivity index (χ4v) is 2.89. The van der Waals surface area contributed by atoms with Crippen molar-refractivity contribution in [3.63, 3.8) is 0 Å². The zero-order chi connectivity index (χ0) is 16.8. The molecule has 1 unspecified atom stereocenters. The van der Waals surface area contributed by atoms with Gasteiger partial charge in [-0.05, 0) is 33.3 Å². The van der Waals surface area contributed by atoms with Gasteiger partial charge in [0.1, 0.15) is 0 Å². The van der Waals surface area contributed by atoms with Crippen LogP contribution in [0.15, 0.2) is 29.3 Å². The molecule has 0 saturated carbocycles. The van der Waals surface area contributed by atoms with Crippen LogP contribution in [0.25, 0.3) is 0 Å². The lowest BCUT2D eigenvalue weighted by molar-refractivity contribution is 0.479. The summed E-state index contributed by atoms with van der Waals surface area (Å²) in [5.74, 6) is 1.45. The van der Waals surface area contributed by atoms with E-state index in [2.05, 4.69) is 46.4 Å². The average molecular weight is 324 g/mol. The molecule has 5 heteroatoms. The molecule has 1 atom stereocenters. The predicted octanol–water partition coefficient (Wildman–Crippen LogP) is 2.55. The van der Waals surface area contributed by atoms with E-state index >= 15 is 0 Å². The molecule has 1 aromatic rings. The maximum atomic E-state index is 12.0. The Morgan fingerprint density at radius 3 is 2.36 bits per heavy atom. The highest BCUT2D eigenvalue weighted by atomic mass is 32.2. The summed E-state index contributed by atoms with van der Waals surface area (Å²) in [6, 6.07) is 8.50. The summed E-state index contributed by atoms with van der Waals surface area (Å²) in [6.45, 7) is 9.55. The minimum Gasteiger partial charge on any atom is -0.355 e. The van der Waals surface area contributed by atoms with E-state index in [9.17, 15) is 4.21 Å². The second kappa shape index (κ2) is 8.32. The van der Waals surface area contributed by atoms with Gasteiger partial charge in [-0.3, -0.25) is 9.20 Å². The number of aliphatic imine (C=N–C) groups is 1. The second-order valence-corrected chi connectivity index (χ2v) is 8.80. The Balaban J connectivity index is 2.50. The minimum atomic E-state index is -0.846. The van der Waals surface area contributed by atoms with Crippen molar-refractivity contribution >= 4 is 16.8 Å². The summed E-state index contributed by atoms with van der Waals surface area (Å²) >= 11 is 0. The van der Waals surface area contributed by atoms with E-state index in [1.54, 1.807) is 7.05 Å².